The van der Waals surface area contributed by atoms with Crippen LogP contribution in [0.3, 0.4) is 0 Å². The molecule has 3 aromatic heterocycles. The van der Waals surface area contributed by atoms with E-state index in [1.807, 2.05) is 38.1 Å². The predicted molar refractivity (Wildman–Crippen MR) is 134 cm³/mol. The van der Waals surface area contributed by atoms with E-state index >= 15 is 0 Å². The number of hydrogen-bond donors (Lipinski definition) is 1. The number of aliphatic carboxylic acids is 1. The molecule has 0 amide bonds. The Morgan fingerprint density at radius 2 is 2.08 bits per heavy atom. The molecule has 1 fully saturated rings. The maximum absolute atomic E-state index is 11.4. The summed E-state index contributed by atoms with van der Waals surface area (Å²) in [6.07, 6.45) is 7.32. The Morgan fingerprint density at radius 3 is 2.83 bits per heavy atom. The van der Waals surface area contributed by atoms with Crippen molar-refractivity contribution < 1.29 is 14.6 Å². The quantitative estimate of drug-likeness (QED) is 0.447. The van der Waals surface area contributed by atoms with Crippen molar-refractivity contribution in [1.82, 2.24) is 34.9 Å². The van der Waals surface area contributed by atoms with E-state index in [1.165, 1.54) is 0 Å². The topological polar surface area (TPSA) is 132 Å². The number of carboxylic acids is 1. The van der Waals surface area contributed by atoms with Gasteiger partial charge in [0.15, 0.2) is 0 Å². The van der Waals surface area contributed by atoms with Crippen LogP contribution in [0.5, 0.6) is 5.75 Å². The van der Waals surface area contributed by atoms with Gasteiger partial charge in [0.25, 0.3) is 0 Å². The monoisotopic (exact) mass is 494 g/mol. The summed E-state index contributed by atoms with van der Waals surface area (Å²) in [6.45, 7) is 4.53. The third-order valence-electron chi connectivity index (χ3n) is 6.58. The van der Waals surface area contributed by atoms with E-state index in [4.69, 9.17) is 9.72 Å². The lowest BCUT2D eigenvalue weighted by Crippen LogP contribution is -2.29. The third-order valence-corrected chi connectivity index (χ3v) is 6.58. The molecule has 3 heterocycles. The van der Waals surface area contributed by atoms with Gasteiger partial charge in [-0.2, -0.15) is 4.98 Å². The number of hydrogen-bond acceptors (Lipinski definition) is 9. The van der Waals surface area contributed by atoms with Crippen LogP contribution in [0.2, 0.25) is 0 Å². The molecule has 0 bridgehead atoms. The van der Waals surface area contributed by atoms with E-state index in [2.05, 4.69) is 32.2 Å². The van der Waals surface area contributed by atoms with Gasteiger partial charge in [-0.3, -0.25) is 4.79 Å². The fourth-order valence-electron chi connectivity index (χ4n) is 4.47. The van der Waals surface area contributed by atoms with E-state index in [1.54, 1.807) is 11.0 Å². The number of aryl methyl sites for hydroxylation is 3. The van der Waals surface area contributed by atoms with Crippen molar-refractivity contribution in [1.29, 1.82) is 0 Å². The second kappa shape index (κ2) is 11.4. The number of ether oxygens (including phenoxy) is 1. The molecule has 1 saturated carbocycles. The van der Waals surface area contributed by atoms with Crippen molar-refractivity contribution in [2.45, 2.75) is 71.4 Å². The normalized spacial score (nSPS) is 17.7. The Kier molecular flexibility index (Phi) is 8.07. The summed E-state index contributed by atoms with van der Waals surface area (Å²) in [7, 11) is 3.78. The highest BCUT2D eigenvalue weighted by Crippen LogP contribution is 2.30. The summed E-state index contributed by atoms with van der Waals surface area (Å²) in [5.74, 6) is 0.966. The van der Waals surface area contributed by atoms with E-state index in [-0.39, 0.29) is 12.0 Å². The molecule has 0 aromatic carbocycles. The first-order valence-corrected chi connectivity index (χ1v) is 12.5. The van der Waals surface area contributed by atoms with Crippen molar-refractivity contribution in [2.75, 3.05) is 11.9 Å². The first-order chi connectivity index (χ1) is 17.4. The fourth-order valence-corrected chi connectivity index (χ4v) is 4.47. The zero-order chi connectivity index (χ0) is 25.7. The zero-order valence-corrected chi connectivity index (χ0v) is 21.4. The number of aromatic nitrogens is 7. The molecule has 2 atom stereocenters. The van der Waals surface area contributed by atoms with Gasteiger partial charge in [0.05, 0.1) is 35.6 Å². The molecule has 36 heavy (non-hydrogen) atoms. The van der Waals surface area contributed by atoms with Gasteiger partial charge in [0.1, 0.15) is 23.6 Å². The van der Waals surface area contributed by atoms with E-state index < -0.39 is 5.97 Å². The van der Waals surface area contributed by atoms with Gasteiger partial charge in [-0.25, -0.2) is 19.6 Å². The van der Waals surface area contributed by atoms with Gasteiger partial charge in [0.2, 0.25) is 5.95 Å². The number of unbranched alkanes of at least 4 members (excludes halogenated alkanes) is 1. The number of anilines is 1. The number of carboxylic acid groups (broad SMARTS) is 1. The van der Waals surface area contributed by atoms with Gasteiger partial charge < -0.3 is 14.7 Å². The van der Waals surface area contributed by atoms with Gasteiger partial charge in [-0.15, -0.1) is 5.10 Å². The molecule has 192 valence electrons. The summed E-state index contributed by atoms with van der Waals surface area (Å²) < 4.78 is 7.89. The fraction of sp³-hybridized carbons (Fsp3) is 0.560. The lowest BCUT2D eigenvalue weighted by molar-refractivity contribution is -0.143. The average molecular weight is 495 g/mol. The van der Waals surface area contributed by atoms with Crippen LogP contribution in [0.15, 0.2) is 18.5 Å². The van der Waals surface area contributed by atoms with Crippen LogP contribution >= 0.6 is 0 Å². The number of rotatable bonds is 10. The summed E-state index contributed by atoms with van der Waals surface area (Å²) in [4.78, 5) is 31.3. The highest BCUT2D eigenvalue weighted by Gasteiger charge is 2.28. The molecule has 3 aromatic rings. The smallest absolute Gasteiger partial charge is 0.306 e. The molecule has 1 aliphatic carbocycles. The van der Waals surface area contributed by atoms with Crippen molar-refractivity contribution >= 4 is 11.9 Å². The third kappa shape index (κ3) is 5.95. The minimum Gasteiger partial charge on any atom is -0.489 e. The molecule has 0 saturated heterocycles. The molecule has 0 aliphatic heterocycles. The first kappa shape index (κ1) is 25.5. The highest BCUT2D eigenvalue weighted by atomic mass is 16.5. The molecular weight excluding hydrogens is 460 g/mol. The van der Waals surface area contributed by atoms with Crippen molar-refractivity contribution in [3.63, 3.8) is 0 Å². The number of carbonyl (C=O) groups is 1. The molecule has 4 rings (SSSR count). The molecule has 1 aliphatic rings. The Bertz CT molecular complexity index is 1200. The largest absolute Gasteiger partial charge is 0.489 e. The molecule has 11 heteroatoms. The van der Waals surface area contributed by atoms with Gasteiger partial charge >= 0.3 is 5.97 Å². The van der Waals surface area contributed by atoms with Crippen LogP contribution in [0.4, 0.5) is 5.95 Å². The maximum atomic E-state index is 11.4. The maximum Gasteiger partial charge on any atom is 0.306 e. The Morgan fingerprint density at radius 1 is 1.25 bits per heavy atom. The van der Waals surface area contributed by atoms with Crippen molar-refractivity contribution in [3.05, 3.63) is 35.7 Å². The summed E-state index contributed by atoms with van der Waals surface area (Å²) >= 11 is 0. The number of pyridine rings is 1. The SMILES string of the molecule is CCCCc1ncnc(N(C)Cc2c(-c3ccc(O[C@H]4CCC[C@H](C(=O)O)C4)c(C)n3)nnn2C)n1. The van der Waals surface area contributed by atoms with E-state index in [9.17, 15) is 9.90 Å². The van der Waals surface area contributed by atoms with Crippen LogP contribution in [0.1, 0.15) is 62.7 Å². The minimum atomic E-state index is -0.747. The second-order valence-corrected chi connectivity index (χ2v) is 9.39. The van der Waals surface area contributed by atoms with Gasteiger partial charge in [0, 0.05) is 20.5 Å². The molecular formula is C25H34N8O3. The van der Waals surface area contributed by atoms with E-state index in [0.29, 0.717) is 42.5 Å². The number of nitrogens with zero attached hydrogens (tertiary/aromatic N) is 8. The molecule has 1 N–H and O–H groups in total. The lowest BCUT2D eigenvalue weighted by atomic mass is 9.87. The van der Waals surface area contributed by atoms with Crippen LogP contribution < -0.4 is 9.64 Å². The summed E-state index contributed by atoms with van der Waals surface area (Å²) in [5.41, 5.74) is 2.99. The minimum absolute atomic E-state index is 0.116. The van der Waals surface area contributed by atoms with Crippen LogP contribution in [-0.2, 0) is 24.8 Å². The summed E-state index contributed by atoms with van der Waals surface area (Å²) in [6, 6.07) is 3.76. The molecule has 0 spiro atoms. The molecule has 0 unspecified atom stereocenters. The van der Waals surface area contributed by atoms with E-state index in [0.717, 1.165) is 49.3 Å². The van der Waals surface area contributed by atoms with Crippen LogP contribution in [0.25, 0.3) is 11.4 Å². The van der Waals surface area contributed by atoms with Crippen molar-refractivity contribution in [2.24, 2.45) is 13.0 Å². The summed E-state index contributed by atoms with van der Waals surface area (Å²) in [5, 5.41) is 18.0. The predicted octanol–water partition coefficient (Wildman–Crippen LogP) is 3.37. The standard InChI is InChI=1S/C25H34N8O3/c1-5-6-10-22-26-15-27-25(29-22)32(3)14-20-23(30-31-33(20)4)19-11-12-21(16(2)28-19)36-18-9-7-8-17(13-18)24(34)35/h11-12,15,17-18H,5-10,13-14H2,1-4H3,(H,34,35)/t17-,18-/m0/s1. The van der Waals surface area contributed by atoms with Crippen LogP contribution in [-0.4, -0.2) is 59.2 Å². The lowest BCUT2D eigenvalue weighted by Gasteiger charge is -2.27. The van der Waals surface area contributed by atoms with Crippen LogP contribution in [0, 0.1) is 12.8 Å². The van der Waals surface area contributed by atoms with Gasteiger partial charge in [-0.05, 0) is 51.2 Å². The average Bonchev–Trinajstić information content (AvgIpc) is 3.24. The van der Waals surface area contributed by atoms with Crippen molar-refractivity contribution in [3.8, 4) is 17.1 Å². The highest BCUT2D eigenvalue weighted by molar-refractivity contribution is 5.70. The first-order valence-electron chi connectivity index (χ1n) is 12.5. The Balaban J connectivity index is 1.49. The molecule has 0 radical (unpaired) electrons. The molecule has 11 nitrogen and oxygen atoms in total. The Labute approximate surface area is 211 Å². The second-order valence-electron chi connectivity index (χ2n) is 9.39. The zero-order valence-electron chi connectivity index (χ0n) is 21.4. The Hall–Kier alpha value is -3.63. The van der Waals surface area contributed by atoms with Gasteiger partial charge in [-0.1, -0.05) is 18.6 Å².